The first-order valence-corrected chi connectivity index (χ1v) is 8.78. The molecule has 28 heavy (non-hydrogen) atoms. The summed E-state index contributed by atoms with van der Waals surface area (Å²) in [5.41, 5.74) is 2.89. The smallest absolute Gasteiger partial charge is 0.265 e. The van der Waals surface area contributed by atoms with Gasteiger partial charge < -0.3 is 14.5 Å². The third-order valence-corrected chi connectivity index (χ3v) is 4.20. The number of nitrogens with zero attached hydrogens (tertiary/aromatic N) is 1. The number of ether oxygens (including phenoxy) is 1. The molecule has 0 fully saturated rings. The van der Waals surface area contributed by atoms with Gasteiger partial charge in [0.25, 0.3) is 5.91 Å². The number of fused-ring (bicyclic) bond motifs is 1. The maximum Gasteiger partial charge on any atom is 0.265 e. The van der Waals surface area contributed by atoms with E-state index in [9.17, 15) is 9.18 Å². The summed E-state index contributed by atoms with van der Waals surface area (Å²) in [6.45, 7) is 1.56. The highest BCUT2D eigenvalue weighted by Gasteiger charge is 2.17. The summed E-state index contributed by atoms with van der Waals surface area (Å²) in [6, 6.07) is 20.6. The van der Waals surface area contributed by atoms with Crippen molar-refractivity contribution < 1.29 is 18.3 Å². The van der Waals surface area contributed by atoms with E-state index in [-0.39, 0.29) is 11.7 Å². The highest BCUT2D eigenvalue weighted by Crippen LogP contribution is 2.25. The van der Waals surface area contributed by atoms with Crippen molar-refractivity contribution >= 4 is 22.7 Å². The summed E-state index contributed by atoms with van der Waals surface area (Å²) < 4.78 is 24.8. The molecule has 0 saturated heterocycles. The third-order valence-electron chi connectivity index (χ3n) is 4.20. The first-order chi connectivity index (χ1) is 13.6. The summed E-state index contributed by atoms with van der Waals surface area (Å²) in [7, 11) is 0. The van der Waals surface area contributed by atoms with Crippen LogP contribution in [0.4, 0.5) is 10.1 Å². The van der Waals surface area contributed by atoms with Crippen molar-refractivity contribution in [3.8, 4) is 17.2 Å². The molecule has 1 unspecified atom stereocenters. The zero-order chi connectivity index (χ0) is 19.5. The van der Waals surface area contributed by atoms with Crippen molar-refractivity contribution in [3.63, 3.8) is 0 Å². The first-order valence-electron chi connectivity index (χ1n) is 8.78. The summed E-state index contributed by atoms with van der Waals surface area (Å²) >= 11 is 0. The fraction of sp³-hybridized carbons (Fsp3) is 0.0909. The molecule has 1 atom stereocenters. The van der Waals surface area contributed by atoms with Gasteiger partial charge in [-0.05, 0) is 55.5 Å². The number of para-hydroxylation sites is 3. The lowest BCUT2D eigenvalue weighted by atomic mass is 10.2. The molecule has 0 aliphatic rings. The fourth-order valence-electron chi connectivity index (χ4n) is 2.72. The molecule has 4 aromatic rings. The number of carbonyl (C=O) groups excluding carboxylic acids is 1. The van der Waals surface area contributed by atoms with Gasteiger partial charge in [0.05, 0.1) is 0 Å². The van der Waals surface area contributed by atoms with Crippen LogP contribution in [0.2, 0.25) is 0 Å². The van der Waals surface area contributed by atoms with E-state index >= 15 is 0 Å². The molecular weight excluding hydrogens is 359 g/mol. The Morgan fingerprint density at radius 2 is 1.75 bits per heavy atom. The molecular formula is C22H17FN2O3. The first kappa shape index (κ1) is 17.7. The third kappa shape index (κ3) is 3.71. The second-order valence-corrected chi connectivity index (χ2v) is 6.24. The van der Waals surface area contributed by atoms with Gasteiger partial charge in [0.15, 0.2) is 23.3 Å². The van der Waals surface area contributed by atoms with E-state index in [1.165, 1.54) is 12.1 Å². The molecule has 0 aliphatic carbocycles. The Morgan fingerprint density at radius 3 is 2.50 bits per heavy atom. The number of halogens is 1. The van der Waals surface area contributed by atoms with Gasteiger partial charge in [-0.3, -0.25) is 4.79 Å². The van der Waals surface area contributed by atoms with Gasteiger partial charge >= 0.3 is 0 Å². The van der Waals surface area contributed by atoms with Crippen LogP contribution < -0.4 is 10.1 Å². The molecule has 1 heterocycles. The minimum Gasteiger partial charge on any atom is -0.478 e. The molecule has 1 aromatic heterocycles. The molecule has 0 bridgehead atoms. The van der Waals surface area contributed by atoms with Crippen molar-refractivity contribution in [1.82, 2.24) is 4.98 Å². The van der Waals surface area contributed by atoms with Gasteiger partial charge in [0, 0.05) is 11.3 Å². The number of oxazole rings is 1. The van der Waals surface area contributed by atoms with Gasteiger partial charge in [-0.25, -0.2) is 9.37 Å². The molecule has 0 saturated carbocycles. The summed E-state index contributed by atoms with van der Waals surface area (Å²) in [5, 5.41) is 2.75. The Morgan fingerprint density at radius 1 is 1.04 bits per heavy atom. The largest absolute Gasteiger partial charge is 0.478 e. The highest BCUT2D eigenvalue weighted by molar-refractivity contribution is 5.94. The van der Waals surface area contributed by atoms with E-state index in [1.807, 2.05) is 36.4 Å². The second kappa shape index (κ2) is 7.52. The number of hydrogen-bond acceptors (Lipinski definition) is 4. The number of carbonyl (C=O) groups is 1. The number of aromatic nitrogens is 1. The zero-order valence-electron chi connectivity index (χ0n) is 15.1. The number of benzene rings is 3. The Kier molecular flexibility index (Phi) is 4.76. The monoisotopic (exact) mass is 376 g/mol. The number of nitrogens with one attached hydrogen (secondary N) is 1. The average Bonchev–Trinajstić information content (AvgIpc) is 3.14. The number of anilines is 1. The SMILES string of the molecule is CC(Oc1ccccc1F)C(=O)Nc1ccc(-c2nc3ccccc3o2)cc1. The Hall–Kier alpha value is -3.67. The van der Waals surface area contributed by atoms with Crippen LogP contribution in [0.25, 0.3) is 22.6 Å². The van der Waals surface area contributed by atoms with Crippen molar-refractivity contribution in [3.05, 3.63) is 78.6 Å². The lowest BCUT2D eigenvalue weighted by Gasteiger charge is -2.15. The van der Waals surface area contributed by atoms with Gasteiger partial charge in [0.2, 0.25) is 5.89 Å². The van der Waals surface area contributed by atoms with Gasteiger partial charge in [-0.1, -0.05) is 24.3 Å². The molecule has 0 aliphatic heterocycles. The normalized spacial score (nSPS) is 11.9. The predicted octanol–water partition coefficient (Wildman–Crippen LogP) is 5.04. The molecule has 6 heteroatoms. The van der Waals surface area contributed by atoms with Gasteiger partial charge in [0.1, 0.15) is 5.52 Å². The Labute approximate surface area is 160 Å². The van der Waals surface area contributed by atoms with Crippen LogP contribution >= 0.6 is 0 Å². The number of amides is 1. The Bertz CT molecular complexity index is 1090. The number of hydrogen-bond donors (Lipinski definition) is 1. The van der Waals surface area contributed by atoms with Crippen LogP contribution in [0.15, 0.2) is 77.2 Å². The number of rotatable bonds is 5. The highest BCUT2D eigenvalue weighted by atomic mass is 19.1. The van der Waals surface area contributed by atoms with Crippen LogP contribution in [0.1, 0.15) is 6.92 Å². The molecule has 1 N–H and O–H groups in total. The summed E-state index contributed by atoms with van der Waals surface area (Å²) in [4.78, 5) is 16.8. The molecule has 140 valence electrons. The van der Waals surface area contributed by atoms with E-state index in [1.54, 1.807) is 31.2 Å². The molecule has 0 spiro atoms. The standard InChI is InChI=1S/C22H17FN2O3/c1-14(27-19-8-4-2-6-17(19)23)21(26)24-16-12-10-15(11-13-16)22-25-18-7-3-5-9-20(18)28-22/h2-14H,1H3,(H,24,26). The quantitative estimate of drug-likeness (QED) is 0.530. The average molecular weight is 376 g/mol. The second-order valence-electron chi connectivity index (χ2n) is 6.24. The summed E-state index contributed by atoms with van der Waals surface area (Å²) in [6.07, 6.45) is -0.853. The van der Waals surface area contributed by atoms with Crippen LogP contribution in [-0.4, -0.2) is 17.0 Å². The van der Waals surface area contributed by atoms with Crippen LogP contribution in [0, 0.1) is 5.82 Å². The maximum atomic E-state index is 13.7. The minimum absolute atomic E-state index is 0.0384. The van der Waals surface area contributed by atoms with Crippen molar-refractivity contribution in [2.45, 2.75) is 13.0 Å². The molecule has 0 radical (unpaired) electrons. The van der Waals surface area contributed by atoms with E-state index in [4.69, 9.17) is 9.15 Å². The molecule has 4 rings (SSSR count). The molecule has 1 amide bonds. The van der Waals surface area contributed by atoms with Crippen LogP contribution in [0.5, 0.6) is 5.75 Å². The lowest BCUT2D eigenvalue weighted by Crippen LogP contribution is -2.30. The van der Waals surface area contributed by atoms with Crippen molar-refractivity contribution in [2.75, 3.05) is 5.32 Å². The van der Waals surface area contributed by atoms with E-state index in [0.717, 1.165) is 11.1 Å². The molecule has 3 aromatic carbocycles. The lowest BCUT2D eigenvalue weighted by molar-refractivity contribution is -0.122. The van der Waals surface area contributed by atoms with Crippen LogP contribution in [-0.2, 0) is 4.79 Å². The van der Waals surface area contributed by atoms with Crippen molar-refractivity contribution in [1.29, 1.82) is 0 Å². The predicted molar refractivity (Wildman–Crippen MR) is 105 cm³/mol. The van der Waals surface area contributed by atoms with Crippen LogP contribution in [0.3, 0.4) is 0 Å². The van der Waals surface area contributed by atoms with E-state index in [0.29, 0.717) is 17.2 Å². The zero-order valence-corrected chi connectivity index (χ0v) is 15.1. The van der Waals surface area contributed by atoms with Gasteiger partial charge in [-0.2, -0.15) is 0 Å². The fourth-order valence-corrected chi connectivity index (χ4v) is 2.72. The topological polar surface area (TPSA) is 64.4 Å². The van der Waals surface area contributed by atoms with E-state index < -0.39 is 11.9 Å². The summed E-state index contributed by atoms with van der Waals surface area (Å²) in [5.74, 6) is -0.338. The van der Waals surface area contributed by atoms with E-state index in [2.05, 4.69) is 10.3 Å². The maximum absolute atomic E-state index is 13.7. The van der Waals surface area contributed by atoms with Crippen molar-refractivity contribution in [2.24, 2.45) is 0 Å². The minimum atomic E-state index is -0.853. The molecule has 5 nitrogen and oxygen atoms in total. The Balaban J connectivity index is 1.43. The van der Waals surface area contributed by atoms with Gasteiger partial charge in [-0.15, -0.1) is 0 Å².